The van der Waals surface area contributed by atoms with E-state index in [0.29, 0.717) is 71.7 Å². The van der Waals surface area contributed by atoms with Crippen LogP contribution in [0.25, 0.3) is 0 Å². The Labute approximate surface area is 242 Å². The summed E-state index contributed by atoms with van der Waals surface area (Å²) in [6.45, 7) is 7.88. The number of hydrogen-bond donors (Lipinski definition) is 2. The van der Waals surface area contributed by atoms with Gasteiger partial charge in [-0.05, 0) is 45.1 Å². The van der Waals surface area contributed by atoms with Crippen molar-refractivity contribution >= 4 is 64.0 Å². The van der Waals surface area contributed by atoms with E-state index in [1.165, 1.54) is 0 Å². The SMILES string of the molecule is CCOC(=O)N1CCN(C(=O)C(C)n2cc(NC(=S)Nc3ccn(Cc4c(Cl)cccc4Cl)n3)c(C)n2)CC1. The number of nitrogens with one attached hydrogen (secondary N) is 2. The summed E-state index contributed by atoms with van der Waals surface area (Å²) >= 11 is 18.0. The Morgan fingerprint density at radius 2 is 1.74 bits per heavy atom. The van der Waals surface area contributed by atoms with Gasteiger partial charge in [0.15, 0.2) is 10.9 Å². The van der Waals surface area contributed by atoms with E-state index in [1.54, 1.807) is 69.7 Å². The summed E-state index contributed by atoms with van der Waals surface area (Å²) < 4.78 is 8.37. The fourth-order valence-electron chi connectivity index (χ4n) is 4.14. The molecule has 14 heteroatoms. The second-order valence-electron chi connectivity index (χ2n) is 8.97. The normalized spacial score (nSPS) is 14.2. The number of rotatable bonds is 7. The first-order valence-electron chi connectivity index (χ1n) is 12.5. The number of carbonyl (C=O) groups excluding carboxylic acids is 2. The van der Waals surface area contributed by atoms with Crippen molar-refractivity contribution in [2.24, 2.45) is 0 Å². The maximum atomic E-state index is 13.1. The molecule has 2 N–H and O–H groups in total. The predicted molar refractivity (Wildman–Crippen MR) is 154 cm³/mol. The molecule has 0 radical (unpaired) electrons. The van der Waals surface area contributed by atoms with Crippen LogP contribution in [0.15, 0.2) is 36.7 Å². The highest BCUT2D eigenvalue weighted by molar-refractivity contribution is 7.80. The lowest BCUT2D eigenvalue weighted by Gasteiger charge is -2.35. The minimum absolute atomic E-state index is 0.0718. The zero-order valence-electron chi connectivity index (χ0n) is 21.9. The molecule has 1 aliphatic heterocycles. The number of piperazine rings is 1. The molecule has 3 aromatic rings. The number of nitrogens with zero attached hydrogens (tertiary/aromatic N) is 6. The second-order valence-corrected chi connectivity index (χ2v) is 10.2. The van der Waals surface area contributed by atoms with E-state index in [4.69, 9.17) is 40.2 Å². The summed E-state index contributed by atoms with van der Waals surface area (Å²) in [7, 11) is 0. The van der Waals surface area contributed by atoms with Gasteiger partial charge >= 0.3 is 6.09 Å². The Kier molecular flexibility index (Phi) is 9.31. The molecule has 2 amide bonds. The number of aryl methyl sites for hydroxylation is 1. The van der Waals surface area contributed by atoms with Crippen molar-refractivity contribution in [3.63, 3.8) is 0 Å². The first-order valence-corrected chi connectivity index (χ1v) is 13.6. The van der Waals surface area contributed by atoms with E-state index in [-0.39, 0.29) is 12.0 Å². The molecule has 208 valence electrons. The van der Waals surface area contributed by atoms with Crippen molar-refractivity contribution in [1.82, 2.24) is 29.4 Å². The number of aromatic nitrogens is 4. The molecule has 0 aliphatic carbocycles. The van der Waals surface area contributed by atoms with Crippen LogP contribution in [0.4, 0.5) is 16.3 Å². The van der Waals surface area contributed by atoms with Crippen molar-refractivity contribution < 1.29 is 14.3 Å². The van der Waals surface area contributed by atoms with Crippen LogP contribution in [0.3, 0.4) is 0 Å². The Bertz CT molecular complexity index is 1330. The minimum Gasteiger partial charge on any atom is -0.450 e. The second kappa shape index (κ2) is 12.7. The van der Waals surface area contributed by atoms with Gasteiger partial charge in [0.25, 0.3) is 0 Å². The highest BCUT2D eigenvalue weighted by atomic mass is 35.5. The van der Waals surface area contributed by atoms with Crippen LogP contribution in [-0.4, -0.2) is 79.3 Å². The Morgan fingerprint density at radius 1 is 1.08 bits per heavy atom. The maximum Gasteiger partial charge on any atom is 0.409 e. The minimum atomic E-state index is -0.526. The molecule has 0 saturated carbocycles. The topological polar surface area (TPSA) is 110 Å². The maximum absolute atomic E-state index is 13.1. The zero-order valence-corrected chi connectivity index (χ0v) is 24.2. The molecule has 0 spiro atoms. The smallest absolute Gasteiger partial charge is 0.409 e. The van der Waals surface area contributed by atoms with Crippen LogP contribution in [-0.2, 0) is 16.1 Å². The Hall–Kier alpha value is -3.35. The lowest BCUT2D eigenvalue weighted by atomic mass is 10.2. The van der Waals surface area contributed by atoms with Gasteiger partial charge < -0.3 is 25.2 Å². The third-order valence-corrected chi connectivity index (χ3v) is 7.21. The molecule has 1 aromatic carbocycles. The molecule has 11 nitrogen and oxygen atoms in total. The first kappa shape index (κ1) is 28.7. The van der Waals surface area contributed by atoms with Crippen LogP contribution in [0.2, 0.25) is 10.0 Å². The van der Waals surface area contributed by atoms with Gasteiger partial charge in [-0.2, -0.15) is 10.2 Å². The van der Waals surface area contributed by atoms with Gasteiger partial charge in [-0.15, -0.1) is 0 Å². The van der Waals surface area contributed by atoms with Crippen molar-refractivity contribution in [2.45, 2.75) is 33.4 Å². The third kappa shape index (κ3) is 7.00. The van der Waals surface area contributed by atoms with Gasteiger partial charge in [0.05, 0.1) is 24.5 Å². The molecule has 3 heterocycles. The average Bonchev–Trinajstić information content (AvgIpc) is 3.51. The molecular weight excluding hydrogens is 563 g/mol. The third-order valence-electron chi connectivity index (χ3n) is 6.30. The number of ether oxygens (including phenoxy) is 1. The molecule has 1 unspecified atom stereocenters. The zero-order chi connectivity index (χ0) is 28.1. The van der Waals surface area contributed by atoms with Crippen molar-refractivity contribution in [1.29, 1.82) is 0 Å². The van der Waals surface area contributed by atoms with E-state index >= 15 is 0 Å². The van der Waals surface area contributed by atoms with E-state index in [0.717, 1.165) is 5.56 Å². The summed E-state index contributed by atoms with van der Waals surface area (Å²) in [4.78, 5) is 28.4. The van der Waals surface area contributed by atoms with E-state index in [2.05, 4.69) is 20.8 Å². The molecule has 1 aliphatic rings. The molecule has 2 aromatic heterocycles. The standard InChI is InChI=1S/C25H30Cl2N8O3S/c1-4-38-25(37)33-12-10-32(11-13-33)23(36)17(3)35-15-21(16(2)30-35)28-24(39)29-22-8-9-34(31-22)14-18-19(26)6-5-7-20(18)27/h5-9,15,17H,4,10-14H2,1-3H3,(H2,28,29,31,39). The fourth-order valence-corrected chi connectivity index (χ4v) is 4.87. The van der Waals surface area contributed by atoms with Gasteiger partial charge in [0, 0.05) is 60.2 Å². The molecule has 0 bridgehead atoms. The highest BCUT2D eigenvalue weighted by Gasteiger charge is 2.29. The number of halogens is 2. The quantitative estimate of drug-likeness (QED) is 0.388. The summed E-state index contributed by atoms with van der Waals surface area (Å²) in [5.41, 5.74) is 2.13. The number of amides is 2. The molecule has 4 rings (SSSR count). The Balaban J connectivity index is 1.32. The lowest BCUT2D eigenvalue weighted by Crippen LogP contribution is -2.52. The molecule has 39 heavy (non-hydrogen) atoms. The average molecular weight is 594 g/mol. The molecule has 1 saturated heterocycles. The number of thiocarbonyl (C=S) groups is 1. The van der Waals surface area contributed by atoms with Crippen molar-refractivity contribution in [2.75, 3.05) is 43.4 Å². The summed E-state index contributed by atoms with van der Waals surface area (Å²) in [6, 6.07) is 6.63. The fraction of sp³-hybridized carbons (Fsp3) is 0.400. The summed E-state index contributed by atoms with van der Waals surface area (Å²) in [6.07, 6.45) is 3.20. The molecule has 1 atom stereocenters. The van der Waals surface area contributed by atoms with Gasteiger partial charge in [-0.25, -0.2) is 4.79 Å². The predicted octanol–water partition coefficient (Wildman–Crippen LogP) is 4.41. The number of hydrogen-bond acceptors (Lipinski definition) is 6. The van der Waals surface area contributed by atoms with E-state index in [9.17, 15) is 9.59 Å². The van der Waals surface area contributed by atoms with Gasteiger partial charge in [0.1, 0.15) is 6.04 Å². The summed E-state index contributed by atoms with van der Waals surface area (Å²) in [5, 5.41) is 16.6. The van der Waals surface area contributed by atoms with Crippen molar-refractivity contribution in [3.8, 4) is 0 Å². The van der Waals surface area contributed by atoms with E-state index < -0.39 is 6.04 Å². The van der Waals surface area contributed by atoms with Gasteiger partial charge in [0.2, 0.25) is 5.91 Å². The van der Waals surface area contributed by atoms with Crippen molar-refractivity contribution in [3.05, 3.63) is 58.0 Å². The molecule has 1 fully saturated rings. The Morgan fingerprint density at radius 3 is 2.41 bits per heavy atom. The van der Waals surface area contributed by atoms with Crippen LogP contribution >= 0.6 is 35.4 Å². The van der Waals surface area contributed by atoms with Crippen LogP contribution in [0.5, 0.6) is 0 Å². The van der Waals surface area contributed by atoms with Crippen LogP contribution < -0.4 is 10.6 Å². The van der Waals surface area contributed by atoms with Gasteiger partial charge in [-0.3, -0.25) is 14.2 Å². The first-order chi connectivity index (χ1) is 18.7. The van der Waals surface area contributed by atoms with Gasteiger partial charge in [-0.1, -0.05) is 29.3 Å². The lowest BCUT2D eigenvalue weighted by molar-refractivity contribution is -0.136. The van der Waals surface area contributed by atoms with E-state index in [1.807, 2.05) is 6.92 Å². The molecular formula is C25H30Cl2N8O3S. The number of anilines is 2. The largest absolute Gasteiger partial charge is 0.450 e. The van der Waals surface area contributed by atoms with Crippen LogP contribution in [0.1, 0.15) is 31.1 Å². The number of carbonyl (C=O) groups is 2. The van der Waals surface area contributed by atoms with Crippen LogP contribution in [0, 0.1) is 6.92 Å². The number of benzene rings is 1. The monoisotopic (exact) mass is 592 g/mol. The highest BCUT2D eigenvalue weighted by Crippen LogP contribution is 2.25. The summed E-state index contributed by atoms with van der Waals surface area (Å²) in [5.74, 6) is 0.476.